The van der Waals surface area contributed by atoms with Crippen LogP contribution in [0, 0.1) is 0 Å². The van der Waals surface area contributed by atoms with Gasteiger partial charge in [0.2, 0.25) is 11.5 Å². The van der Waals surface area contributed by atoms with Crippen LogP contribution in [0.15, 0.2) is 97.1 Å². The molecule has 0 radical (unpaired) electrons. The van der Waals surface area contributed by atoms with E-state index in [0.29, 0.717) is 41.0 Å². The Balaban J connectivity index is 0.00000620. The normalized spacial score (nSPS) is 13.3. The Hall–Kier alpha value is -5.46. The molecule has 1 heterocycles. The predicted molar refractivity (Wildman–Crippen MR) is 218 cm³/mol. The summed E-state index contributed by atoms with van der Waals surface area (Å²) in [6.07, 6.45) is -3.05. The zero-order valence-corrected chi connectivity index (χ0v) is 33.7. The van der Waals surface area contributed by atoms with Crippen LogP contribution in [0.2, 0.25) is 0 Å². The second-order valence-corrected chi connectivity index (χ2v) is 13.4. The SMILES string of the molecule is COc1cc(-c2cccc(CN3CCC(N(Cc4cccc(-c5cc(OC)c(OC)c(OC)c5)c4)c4ccc(OC(F)(F)F)cc4)CC3)c2)cc(OC)c1OC.Cl. The molecule has 0 N–H and O–H groups in total. The molecule has 9 nitrogen and oxygen atoms in total. The molecule has 1 fully saturated rings. The first-order chi connectivity index (χ1) is 27.1. The summed E-state index contributed by atoms with van der Waals surface area (Å²) in [5.74, 6) is 3.09. The summed E-state index contributed by atoms with van der Waals surface area (Å²) in [5.41, 5.74) is 6.87. The third kappa shape index (κ3) is 10.3. The number of hydrogen-bond acceptors (Lipinski definition) is 9. The Bertz CT molecular complexity index is 2040. The quantitative estimate of drug-likeness (QED) is 0.103. The van der Waals surface area contributed by atoms with Crippen molar-refractivity contribution >= 4 is 18.1 Å². The van der Waals surface area contributed by atoms with Gasteiger partial charge in [-0.1, -0.05) is 36.4 Å². The highest BCUT2D eigenvalue weighted by atomic mass is 35.5. The van der Waals surface area contributed by atoms with E-state index in [1.165, 1.54) is 17.7 Å². The largest absolute Gasteiger partial charge is 0.573 e. The molecule has 0 spiro atoms. The fourth-order valence-electron chi connectivity index (χ4n) is 7.31. The molecule has 0 atom stereocenters. The van der Waals surface area contributed by atoms with Gasteiger partial charge >= 0.3 is 6.36 Å². The molecule has 5 aromatic carbocycles. The smallest absolute Gasteiger partial charge is 0.493 e. The van der Waals surface area contributed by atoms with Crippen LogP contribution in [0.4, 0.5) is 18.9 Å². The number of rotatable bonds is 15. The summed E-state index contributed by atoms with van der Waals surface area (Å²) in [6.45, 7) is 3.00. The fraction of sp³-hybridized carbons (Fsp3) is 0.318. The Morgan fingerprint density at radius 2 is 1.04 bits per heavy atom. The molecule has 0 saturated carbocycles. The van der Waals surface area contributed by atoms with Gasteiger partial charge in [0.1, 0.15) is 5.75 Å². The Labute approximate surface area is 338 Å². The first-order valence-electron chi connectivity index (χ1n) is 18.2. The van der Waals surface area contributed by atoms with Gasteiger partial charge in [-0.15, -0.1) is 25.6 Å². The maximum Gasteiger partial charge on any atom is 0.573 e. The summed E-state index contributed by atoms with van der Waals surface area (Å²) in [7, 11) is 9.53. The van der Waals surface area contributed by atoms with Gasteiger partial charge in [-0.05, 0) is 107 Å². The van der Waals surface area contributed by atoms with Crippen molar-refractivity contribution in [3.63, 3.8) is 0 Å². The summed E-state index contributed by atoms with van der Waals surface area (Å²) < 4.78 is 76.6. The first kappa shape index (κ1) is 42.7. The van der Waals surface area contributed by atoms with Gasteiger partial charge < -0.3 is 38.1 Å². The monoisotopic (exact) mass is 808 g/mol. The van der Waals surface area contributed by atoms with Gasteiger partial charge in [0, 0.05) is 37.9 Å². The van der Waals surface area contributed by atoms with Crippen LogP contribution in [-0.2, 0) is 13.1 Å². The maximum absolute atomic E-state index is 13.0. The standard InChI is InChI=1S/C44H47F3N2O7.ClH/c1-50-38-23-33(24-39(51-2)42(38)54-5)31-11-7-9-29(21-31)27-48-19-17-36(18-20-48)49(35-13-15-37(16-14-35)56-44(45,46)47)28-30-10-8-12-32(22-30)34-25-40(52-3)43(55-6)41(26-34)53-4;/h7-16,21-26,36H,17-20,27-28H2,1-6H3;1H. The molecular weight excluding hydrogens is 761 g/mol. The average molecular weight is 809 g/mol. The highest BCUT2D eigenvalue weighted by Crippen LogP contribution is 2.43. The number of ether oxygens (including phenoxy) is 7. The summed E-state index contributed by atoms with van der Waals surface area (Å²) in [4.78, 5) is 4.72. The number of alkyl halides is 3. The van der Waals surface area contributed by atoms with Crippen LogP contribution in [0.25, 0.3) is 22.3 Å². The minimum Gasteiger partial charge on any atom is -0.493 e. The number of benzene rings is 5. The number of likely N-dealkylation sites (tertiary alicyclic amines) is 1. The molecule has 0 unspecified atom stereocenters. The minimum atomic E-state index is -4.77. The Morgan fingerprint density at radius 3 is 1.47 bits per heavy atom. The molecular formula is C44H48ClF3N2O7. The Morgan fingerprint density at radius 1 is 0.579 bits per heavy atom. The molecule has 6 rings (SSSR count). The van der Waals surface area contributed by atoms with Crippen molar-refractivity contribution in [2.24, 2.45) is 0 Å². The highest BCUT2D eigenvalue weighted by molar-refractivity contribution is 5.85. The van der Waals surface area contributed by atoms with E-state index in [-0.39, 0.29) is 24.2 Å². The number of methoxy groups -OCH3 is 6. The van der Waals surface area contributed by atoms with E-state index < -0.39 is 6.36 Å². The van der Waals surface area contributed by atoms with Gasteiger partial charge in [-0.25, -0.2) is 0 Å². The molecule has 5 aromatic rings. The minimum absolute atomic E-state index is 0. The van der Waals surface area contributed by atoms with Crippen molar-refractivity contribution in [3.05, 3.63) is 108 Å². The van der Waals surface area contributed by atoms with E-state index >= 15 is 0 Å². The molecule has 0 bridgehead atoms. The van der Waals surface area contributed by atoms with E-state index in [2.05, 4.69) is 50.9 Å². The Kier molecular flexibility index (Phi) is 14.3. The van der Waals surface area contributed by atoms with Crippen LogP contribution in [0.3, 0.4) is 0 Å². The first-order valence-corrected chi connectivity index (χ1v) is 18.2. The molecule has 57 heavy (non-hydrogen) atoms. The van der Waals surface area contributed by atoms with Crippen molar-refractivity contribution in [1.82, 2.24) is 4.90 Å². The molecule has 0 aliphatic carbocycles. The third-order valence-electron chi connectivity index (χ3n) is 10.0. The number of hydrogen-bond donors (Lipinski definition) is 0. The molecule has 0 amide bonds. The van der Waals surface area contributed by atoms with Crippen molar-refractivity contribution in [2.75, 3.05) is 60.6 Å². The molecule has 0 aromatic heterocycles. The second-order valence-electron chi connectivity index (χ2n) is 13.4. The molecule has 13 heteroatoms. The van der Waals surface area contributed by atoms with Gasteiger partial charge in [0.25, 0.3) is 0 Å². The summed E-state index contributed by atoms with van der Waals surface area (Å²) in [6, 6.07) is 30.6. The van der Waals surface area contributed by atoms with E-state index in [0.717, 1.165) is 66.0 Å². The number of nitrogens with zero attached hydrogens (tertiary/aromatic N) is 2. The van der Waals surface area contributed by atoms with Crippen molar-refractivity contribution in [1.29, 1.82) is 0 Å². The van der Waals surface area contributed by atoms with Gasteiger partial charge in [-0.3, -0.25) is 4.90 Å². The van der Waals surface area contributed by atoms with E-state index in [9.17, 15) is 13.2 Å². The summed E-state index contributed by atoms with van der Waals surface area (Å²) in [5, 5.41) is 0. The lowest BCUT2D eigenvalue weighted by atomic mass is 9.98. The fourth-order valence-corrected chi connectivity index (χ4v) is 7.31. The lowest BCUT2D eigenvalue weighted by Crippen LogP contribution is -2.44. The molecule has 1 saturated heterocycles. The van der Waals surface area contributed by atoms with E-state index in [1.807, 2.05) is 36.4 Å². The average Bonchev–Trinajstić information content (AvgIpc) is 3.22. The van der Waals surface area contributed by atoms with Crippen molar-refractivity contribution < 1.29 is 46.3 Å². The zero-order chi connectivity index (χ0) is 39.8. The lowest BCUT2D eigenvalue weighted by molar-refractivity contribution is -0.274. The topological polar surface area (TPSA) is 71.1 Å². The van der Waals surface area contributed by atoms with Crippen molar-refractivity contribution in [2.45, 2.75) is 38.3 Å². The van der Waals surface area contributed by atoms with Crippen LogP contribution in [0.5, 0.6) is 40.2 Å². The predicted octanol–water partition coefficient (Wildman–Crippen LogP) is 10.1. The lowest BCUT2D eigenvalue weighted by Gasteiger charge is -2.40. The van der Waals surface area contributed by atoms with Gasteiger partial charge in [0.15, 0.2) is 23.0 Å². The van der Waals surface area contributed by atoms with Gasteiger partial charge in [0.05, 0.1) is 42.7 Å². The van der Waals surface area contributed by atoms with E-state index in [1.54, 1.807) is 54.8 Å². The van der Waals surface area contributed by atoms with Crippen LogP contribution in [-0.4, -0.2) is 73.1 Å². The summed E-state index contributed by atoms with van der Waals surface area (Å²) >= 11 is 0. The van der Waals surface area contributed by atoms with E-state index in [4.69, 9.17) is 28.4 Å². The van der Waals surface area contributed by atoms with Crippen LogP contribution in [0.1, 0.15) is 24.0 Å². The number of piperidine rings is 1. The molecule has 1 aliphatic rings. The van der Waals surface area contributed by atoms with Crippen LogP contribution >= 0.6 is 12.4 Å². The second kappa shape index (κ2) is 19.1. The number of anilines is 1. The maximum atomic E-state index is 13.0. The highest BCUT2D eigenvalue weighted by Gasteiger charge is 2.31. The van der Waals surface area contributed by atoms with Gasteiger partial charge in [-0.2, -0.15) is 0 Å². The van der Waals surface area contributed by atoms with Crippen LogP contribution < -0.4 is 38.1 Å². The number of halogens is 4. The molecule has 1 aliphatic heterocycles. The third-order valence-corrected chi connectivity index (χ3v) is 10.0. The zero-order valence-electron chi connectivity index (χ0n) is 32.9. The van der Waals surface area contributed by atoms with Crippen molar-refractivity contribution in [3.8, 4) is 62.5 Å². The molecule has 304 valence electrons.